The number of aromatic nitrogens is 2. The lowest BCUT2D eigenvalue weighted by atomic mass is 10.1. The van der Waals surface area contributed by atoms with Gasteiger partial charge in [0.15, 0.2) is 0 Å². The van der Waals surface area contributed by atoms with Crippen molar-refractivity contribution in [3.63, 3.8) is 0 Å². The third-order valence-electron chi connectivity index (χ3n) is 4.50. The number of halogens is 1. The summed E-state index contributed by atoms with van der Waals surface area (Å²) in [5.74, 6) is -0.466. The van der Waals surface area contributed by atoms with Gasteiger partial charge in [0.25, 0.3) is 5.91 Å². The number of carbonyl (C=O) groups is 1. The van der Waals surface area contributed by atoms with Crippen LogP contribution < -0.4 is 0 Å². The summed E-state index contributed by atoms with van der Waals surface area (Å²) in [5, 5.41) is 4.48. The van der Waals surface area contributed by atoms with Crippen LogP contribution in [0.3, 0.4) is 0 Å². The van der Waals surface area contributed by atoms with Gasteiger partial charge in [0, 0.05) is 56.6 Å². The molecule has 0 atom stereocenters. The average molecular weight is 330 g/mol. The number of rotatable bonds is 4. The van der Waals surface area contributed by atoms with Crippen molar-refractivity contribution >= 4 is 5.91 Å². The minimum Gasteiger partial charge on any atom is -0.336 e. The number of hydrogen-bond acceptors (Lipinski definition) is 3. The second-order valence-electron chi connectivity index (χ2n) is 6.17. The topological polar surface area (TPSA) is 41.4 Å². The number of benzene rings is 1. The smallest absolute Gasteiger partial charge is 0.254 e. The summed E-state index contributed by atoms with van der Waals surface area (Å²) in [6.45, 7) is 8.80. The van der Waals surface area contributed by atoms with Crippen LogP contribution >= 0.6 is 0 Å². The van der Waals surface area contributed by atoms with Crippen molar-refractivity contribution in [3.05, 3.63) is 53.1 Å². The highest BCUT2D eigenvalue weighted by atomic mass is 19.1. The van der Waals surface area contributed by atoms with Crippen LogP contribution in [0.2, 0.25) is 0 Å². The van der Waals surface area contributed by atoms with Gasteiger partial charge in [-0.15, -0.1) is 0 Å². The number of hydrogen-bond donors (Lipinski definition) is 0. The summed E-state index contributed by atoms with van der Waals surface area (Å²) in [7, 11) is 0. The van der Waals surface area contributed by atoms with Crippen molar-refractivity contribution in [2.45, 2.75) is 26.9 Å². The minimum absolute atomic E-state index is 0.0934. The molecule has 0 radical (unpaired) electrons. The van der Waals surface area contributed by atoms with Crippen molar-refractivity contribution in [1.82, 2.24) is 19.6 Å². The normalized spacial score (nSPS) is 15.7. The molecule has 0 spiro atoms. The zero-order valence-corrected chi connectivity index (χ0v) is 14.2. The SMILES string of the molecule is CCn1cc(CN2CCN(C(=O)c3cccc(F)c3)CC2)c(C)n1. The van der Waals surface area contributed by atoms with Crippen molar-refractivity contribution in [3.8, 4) is 0 Å². The molecule has 24 heavy (non-hydrogen) atoms. The van der Waals surface area contributed by atoms with Crippen molar-refractivity contribution in [2.75, 3.05) is 26.2 Å². The summed E-state index contributed by atoms with van der Waals surface area (Å²) >= 11 is 0. The third kappa shape index (κ3) is 3.64. The molecule has 1 aromatic carbocycles. The molecule has 1 saturated heterocycles. The van der Waals surface area contributed by atoms with Crippen LogP contribution in [0, 0.1) is 12.7 Å². The second kappa shape index (κ2) is 7.13. The van der Waals surface area contributed by atoms with Crippen LogP contribution in [-0.2, 0) is 13.1 Å². The molecular formula is C18H23FN4O. The second-order valence-corrected chi connectivity index (χ2v) is 6.17. The first kappa shape index (κ1) is 16.6. The van der Waals surface area contributed by atoms with Gasteiger partial charge >= 0.3 is 0 Å². The van der Waals surface area contributed by atoms with Gasteiger partial charge in [-0.05, 0) is 32.0 Å². The standard InChI is InChI=1S/C18H23FN4O/c1-3-23-13-16(14(2)20-23)12-21-7-9-22(10-8-21)18(24)15-5-4-6-17(19)11-15/h4-6,11,13H,3,7-10,12H2,1-2H3. The molecule has 3 rings (SSSR count). The average Bonchev–Trinajstić information content (AvgIpc) is 2.95. The molecule has 2 aromatic rings. The van der Waals surface area contributed by atoms with Gasteiger partial charge in [-0.2, -0.15) is 5.10 Å². The van der Waals surface area contributed by atoms with Crippen LogP contribution in [0.4, 0.5) is 4.39 Å². The Morgan fingerprint density at radius 3 is 2.62 bits per heavy atom. The minimum atomic E-state index is -0.372. The van der Waals surface area contributed by atoms with Gasteiger partial charge in [-0.1, -0.05) is 6.07 Å². The molecule has 1 aliphatic heterocycles. The van der Waals surface area contributed by atoms with Gasteiger partial charge in [-0.25, -0.2) is 4.39 Å². The Morgan fingerprint density at radius 2 is 2.00 bits per heavy atom. The van der Waals surface area contributed by atoms with Crippen LogP contribution in [0.15, 0.2) is 30.5 Å². The van der Waals surface area contributed by atoms with Crippen LogP contribution in [0.1, 0.15) is 28.5 Å². The maximum atomic E-state index is 13.3. The molecule has 6 heteroatoms. The zero-order valence-electron chi connectivity index (χ0n) is 14.2. The van der Waals surface area contributed by atoms with Crippen LogP contribution in [0.25, 0.3) is 0 Å². The van der Waals surface area contributed by atoms with E-state index in [9.17, 15) is 9.18 Å². The molecule has 128 valence electrons. The monoisotopic (exact) mass is 330 g/mol. The third-order valence-corrected chi connectivity index (χ3v) is 4.50. The summed E-state index contributed by atoms with van der Waals surface area (Å²) in [6.07, 6.45) is 2.10. The van der Waals surface area contributed by atoms with Crippen LogP contribution in [-0.4, -0.2) is 51.7 Å². The fourth-order valence-electron chi connectivity index (χ4n) is 3.03. The van der Waals surface area contributed by atoms with Gasteiger partial charge in [-0.3, -0.25) is 14.4 Å². The number of carbonyl (C=O) groups excluding carboxylic acids is 1. The fourth-order valence-corrected chi connectivity index (χ4v) is 3.03. The molecule has 5 nitrogen and oxygen atoms in total. The Hall–Kier alpha value is -2.21. The van der Waals surface area contributed by atoms with E-state index in [4.69, 9.17) is 0 Å². The van der Waals surface area contributed by atoms with E-state index in [0.717, 1.165) is 31.9 Å². The summed E-state index contributed by atoms with van der Waals surface area (Å²) in [4.78, 5) is 16.6. The molecule has 0 unspecified atom stereocenters. The lowest BCUT2D eigenvalue weighted by molar-refractivity contribution is 0.0627. The van der Waals surface area contributed by atoms with Crippen molar-refractivity contribution in [2.24, 2.45) is 0 Å². The Balaban J connectivity index is 1.57. The van der Waals surface area contributed by atoms with Crippen LogP contribution in [0.5, 0.6) is 0 Å². The Bertz CT molecular complexity index is 720. The summed E-state index contributed by atoms with van der Waals surface area (Å²) < 4.78 is 15.2. The highest BCUT2D eigenvalue weighted by molar-refractivity contribution is 5.94. The first-order valence-electron chi connectivity index (χ1n) is 8.37. The van der Waals surface area contributed by atoms with Crippen molar-refractivity contribution < 1.29 is 9.18 Å². The van der Waals surface area contributed by atoms with Crippen molar-refractivity contribution in [1.29, 1.82) is 0 Å². The number of amides is 1. The first-order chi connectivity index (χ1) is 11.6. The lowest BCUT2D eigenvalue weighted by Gasteiger charge is -2.34. The fraction of sp³-hybridized carbons (Fsp3) is 0.444. The first-order valence-corrected chi connectivity index (χ1v) is 8.37. The van der Waals surface area contributed by atoms with E-state index in [1.165, 1.54) is 17.7 Å². The van der Waals surface area contributed by atoms with E-state index < -0.39 is 0 Å². The molecule has 1 amide bonds. The molecule has 2 heterocycles. The lowest BCUT2D eigenvalue weighted by Crippen LogP contribution is -2.48. The van der Waals surface area contributed by atoms with E-state index in [1.807, 2.05) is 11.6 Å². The largest absolute Gasteiger partial charge is 0.336 e. The van der Waals surface area contributed by atoms with E-state index in [-0.39, 0.29) is 11.7 Å². The van der Waals surface area contributed by atoms with Gasteiger partial charge in [0.05, 0.1) is 5.69 Å². The molecule has 0 bridgehead atoms. The summed E-state index contributed by atoms with van der Waals surface area (Å²) in [5.41, 5.74) is 2.72. The number of nitrogens with zero attached hydrogens (tertiary/aromatic N) is 4. The van der Waals surface area contributed by atoms with E-state index >= 15 is 0 Å². The van der Waals surface area contributed by atoms with E-state index in [2.05, 4.69) is 23.1 Å². The number of aryl methyl sites for hydroxylation is 2. The maximum Gasteiger partial charge on any atom is 0.254 e. The summed E-state index contributed by atoms with van der Waals surface area (Å²) in [6, 6.07) is 5.90. The Labute approximate surface area is 141 Å². The van der Waals surface area contributed by atoms with Gasteiger partial charge in [0.2, 0.25) is 0 Å². The van der Waals surface area contributed by atoms with Gasteiger partial charge < -0.3 is 4.90 Å². The highest BCUT2D eigenvalue weighted by Gasteiger charge is 2.23. The van der Waals surface area contributed by atoms with E-state index in [1.54, 1.807) is 17.0 Å². The molecule has 1 aromatic heterocycles. The van der Waals surface area contributed by atoms with E-state index in [0.29, 0.717) is 18.7 Å². The highest BCUT2D eigenvalue weighted by Crippen LogP contribution is 2.14. The Morgan fingerprint density at radius 1 is 1.25 bits per heavy atom. The quantitative estimate of drug-likeness (QED) is 0.864. The van der Waals surface area contributed by atoms with Gasteiger partial charge in [0.1, 0.15) is 5.82 Å². The molecule has 0 aliphatic carbocycles. The maximum absolute atomic E-state index is 13.3. The Kier molecular flexibility index (Phi) is 4.94. The number of piperazine rings is 1. The molecule has 1 fully saturated rings. The zero-order chi connectivity index (χ0) is 17.1. The predicted molar refractivity (Wildman–Crippen MR) is 90.2 cm³/mol. The molecule has 0 N–H and O–H groups in total. The molecule has 1 aliphatic rings. The molecular weight excluding hydrogens is 307 g/mol. The molecule has 0 saturated carbocycles. The predicted octanol–water partition coefficient (Wildman–Crippen LogP) is 2.31.